The molecule has 0 fully saturated rings. The van der Waals surface area contributed by atoms with E-state index in [1.807, 2.05) is 18.2 Å². The zero-order valence-corrected chi connectivity index (χ0v) is 28.1. The van der Waals surface area contributed by atoms with Gasteiger partial charge in [0, 0.05) is 4.47 Å². The second-order valence-electron chi connectivity index (χ2n) is 13.0. The van der Waals surface area contributed by atoms with Crippen LogP contribution in [0.4, 0.5) is 4.39 Å². The van der Waals surface area contributed by atoms with Gasteiger partial charge in [0.05, 0.1) is 0 Å². The van der Waals surface area contributed by atoms with E-state index in [2.05, 4.69) is 120 Å². The van der Waals surface area contributed by atoms with Crippen molar-refractivity contribution >= 4 is 54.1 Å². The van der Waals surface area contributed by atoms with Crippen molar-refractivity contribution in [3.8, 4) is 11.5 Å². The minimum atomic E-state index is -1.82. The van der Waals surface area contributed by atoms with Crippen LogP contribution in [0.5, 0.6) is 11.5 Å². The fourth-order valence-electron chi connectivity index (χ4n) is 3.41. The van der Waals surface area contributed by atoms with Gasteiger partial charge >= 0.3 is 0 Å². The molecule has 38 heavy (non-hydrogen) atoms. The molecule has 0 radical (unpaired) electrons. The molecule has 0 aromatic heterocycles. The third kappa shape index (κ3) is 7.48. The van der Waals surface area contributed by atoms with E-state index in [9.17, 15) is 4.39 Å². The molecular formula is C32H42BrFO2Si2. The van der Waals surface area contributed by atoms with Crippen molar-refractivity contribution in [2.24, 2.45) is 0 Å². The quantitative estimate of drug-likeness (QED) is 0.213. The van der Waals surface area contributed by atoms with Gasteiger partial charge in [-0.05, 0) is 106 Å². The van der Waals surface area contributed by atoms with Crippen molar-refractivity contribution in [2.45, 2.75) is 77.8 Å². The molecule has 0 heterocycles. The summed E-state index contributed by atoms with van der Waals surface area (Å²) in [6, 6.07) is 23.3. The maximum absolute atomic E-state index is 13.1. The van der Waals surface area contributed by atoms with Gasteiger partial charge in [0.2, 0.25) is 16.6 Å². The Morgan fingerprint density at radius 2 is 0.921 bits per heavy atom. The Balaban J connectivity index is 0.000000211. The van der Waals surface area contributed by atoms with Gasteiger partial charge in [-0.25, -0.2) is 4.39 Å². The Bertz CT molecular complexity index is 1310. The molecule has 4 rings (SSSR count). The van der Waals surface area contributed by atoms with E-state index < -0.39 is 16.6 Å². The lowest BCUT2D eigenvalue weighted by Gasteiger charge is -2.36. The monoisotopic (exact) mass is 612 g/mol. The van der Waals surface area contributed by atoms with E-state index in [0.717, 1.165) is 26.7 Å². The maximum atomic E-state index is 13.1. The number of hydrogen-bond donors (Lipinski definition) is 0. The summed E-state index contributed by atoms with van der Waals surface area (Å²) in [4.78, 5) is 0. The highest BCUT2D eigenvalue weighted by Gasteiger charge is 2.39. The van der Waals surface area contributed by atoms with Crippen molar-refractivity contribution in [1.82, 2.24) is 0 Å². The molecule has 0 aliphatic carbocycles. The van der Waals surface area contributed by atoms with Gasteiger partial charge in [-0.3, -0.25) is 0 Å². The van der Waals surface area contributed by atoms with Crippen molar-refractivity contribution in [3.63, 3.8) is 0 Å². The van der Waals surface area contributed by atoms with Crippen LogP contribution in [-0.4, -0.2) is 16.6 Å². The fourth-order valence-corrected chi connectivity index (χ4v) is 5.84. The van der Waals surface area contributed by atoms with E-state index in [1.54, 1.807) is 12.1 Å². The molecule has 6 heteroatoms. The first-order valence-corrected chi connectivity index (χ1v) is 19.8. The Morgan fingerprint density at radius 3 is 1.37 bits per heavy atom. The molecule has 204 valence electrons. The predicted octanol–water partition coefficient (Wildman–Crippen LogP) is 11.3. The summed E-state index contributed by atoms with van der Waals surface area (Å²) < 4.78 is 26.8. The van der Waals surface area contributed by atoms with Gasteiger partial charge < -0.3 is 8.85 Å². The normalized spacial score (nSPS) is 12.7. The Morgan fingerprint density at radius 1 is 0.553 bits per heavy atom. The molecule has 0 unspecified atom stereocenters. The Labute approximate surface area is 239 Å². The number of hydrogen-bond acceptors (Lipinski definition) is 2. The molecule has 0 N–H and O–H groups in total. The minimum Gasteiger partial charge on any atom is -0.543 e. The van der Waals surface area contributed by atoms with E-state index in [1.165, 1.54) is 16.8 Å². The van der Waals surface area contributed by atoms with Gasteiger partial charge in [-0.1, -0.05) is 81.7 Å². The van der Waals surface area contributed by atoms with E-state index >= 15 is 0 Å². The van der Waals surface area contributed by atoms with E-state index in [-0.39, 0.29) is 15.9 Å². The summed E-state index contributed by atoms with van der Waals surface area (Å²) >= 11 is 3.50. The Hall–Kier alpha value is -2.16. The first-order valence-electron chi connectivity index (χ1n) is 13.1. The van der Waals surface area contributed by atoms with Crippen molar-refractivity contribution in [2.75, 3.05) is 0 Å². The fraction of sp³-hybridized carbons (Fsp3) is 0.375. The third-order valence-electron chi connectivity index (χ3n) is 7.91. The van der Waals surface area contributed by atoms with Crippen LogP contribution < -0.4 is 8.85 Å². The Kier molecular flexibility index (Phi) is 8.91. The molecule has 0 bridgehead atoms. The van der Waals surface area contributed by atoms with Gasteiger partial charge in [0.15, 0.2) is 0 Å². The standard InChI is InChI=1S/C16H21BrOSi.C16H21FOSi/c2*1-16(2,3)19(4,5)18-15-9-7-12-10-14(17)8-6-13(12)11-15/h2*6-11H,1-5H3. The summed E-state index contributed by atoms with van der Waals surface area (Å²) in [6.45, 7) is 22.4. The summed E-state index contributed by atoms with van der Waals surface area (Å²) in [5, 5.41) is 4.77. The van der Waals surface area contributed by atoms with Crippen LogP contribution in [0.25, 0.3) is 21.5 Å². The van der Waals surface area contributed by atoms with Gasteiger partial charge in [-0.15, -0.1) is 0 Å². The zero-order chi connectivity index (χ0) is 28.5. The topological polar surface area (TPSA) is 18.5 Å². The summed E-state index contributed by atoms with van der Waals surface area (Å²) in [7, 11) is -3.57. The lowest BCUT2D eigenvalue weighted by molar-refractivity contribution is 0.492. The lowest BCUT2D eigenvalue weighted by atomic mass is 10.1. The third-order valence-corrected chi connectivity index (χ3v) is 17.1. The van der Waals surface area contributed by atoms with Crippen molar-refractivity contribution in [1.29, 1.82) is 0 Å². The van der Waals surface area contributed by atoms with Crippen molar-refractivity contribution in [3.05, 3.63) is 83.1 Å². The summed E-state index contributed by atoms with van der Waals surface area (Å²) in [5.41, 5.74) is 0. The van der Waals surface area contributed by atoms with Crippen LogP contribution >= 0.6 is 15.9 Å². The zero-order valence-electron chi connectivity index (χ0n) is 24.5. The van der Waals surface area contributed by atoms with Crippen LogP contribution in [0, 0.1) is 5.82 Å². The molecule has 4 aromatic rings. The second kappa shape index (κ2) is 11.1. The van der Waals surface area contributed by atoms with Gasteiger partial charge in [0.25, 0.3) is 0 Å². The highest BCUT2D eigenvalue weighted by Crippen LogP contribution is 2.39. The highest BCUT2D eigenvalue weighted by molar-refractivity contribution is 9.10. The number of benzene rings is 4. The molecular weight excluding hydrogens is 571 g/mol. The number of halogens is 2. The summed E-state index contributed by atoms with van der Waals surface area (Å²) in [5.74, 6) is 1.66. The summed E-state index contributed by atoms with van der Waals surface area (Å²) in [6.07, 6.45) is 0. The molecule has 0 aliphatic heterocycles. The van der Waals surface area contributed by atoms with Crippen LogP contribution in [0.15, 0.2) is 77.3 Å². The molecule has 0 aliphatic rings. The molecule has 0 spiro atoms. The van der Waals surface area contributed by atoms with E-state index in [4.69, 9.17) is 8.85 Å². The van der Waals surface area contributed by atoms with Crippen LogP contribution in [0.1, 0.15) is 41.5 Å². The molecule has 0 saturated heterocycles. The highest BCUT2D eigenvalue weighted by atomic mass is 79.9. The first-order chi connectivity index (χ1) is 17.4. The van der Waals surface area contributed by atoms with Crippen LogP contribution in [0.2, 0.25) is 36.3 Å². The van der Waals surface area contributed by atoms with Crippen LogP contribution in [-0.2, 0) is 0 Å². The van der Waals surface area contributed by atoms with Crippen molar-refractivity contribution < 1.29 is 13.2 Å². The average Bonchev–Trinajstić information content (AvgIpc) is 2.78. The molecule has 0 amide bonds. The predicted molar refractivity (Wildman–Crippen MR) is 171 cm³/mol. The maximum Gasteiger partial charge on any atom is 0.250 e. The number of rotatable bonds is 4. The largest absolute Gasteiger partial charge is 0.543 e. The molecule has 0 saturated carbocycles. The van der Waals surface area contributed by atoms with Gasteiger partial charge in [-0.2, -0.15) is 0 Å². The number of fused-ring (bicyclic) bond motifs is 2. The minimum absolute atomic E-state index is 0.171. The van der Waals surface area contributed by atoms with Crippen LogP contribution in [0.3, 0.4) is 0 Å². The SMILES string of the molecule is CC(C)(C)[Si](C)(C)Oc1ccc2cc(Br)ccc2c1.CC(C)(C)[Si](C)(C)Oc1ccc2cc(F)ccc2c1. The lowest BCUT2D eigenvalue weighted by Crippen LogP contribution is -2.43. The van der Waals surface area contributed by atoms with Gasteiger partial charge in [0.1, 0.15) is 17.3 Å². The first kappa shape index (κ1) is 30.4. The molecule has 4 aromatic carbocycles. The second-order valence-corrected chi connectivity index (χ2v) is 23.4. The molecule has 0 atom stereocenters. The van der Waals surface area contributed by atoms with E-state index in [0.29, 0.717) is 0 Å². The smallest absolute Gasteiger partial charge is 0.250 e. The molecule has 2 nitrogen and oxygen atoms in total. The average molecular weight is 614 g/mol.